The molecule has 19 heavy (non-hydrogen) atoms. The molecule has 3 heteroatoms. The zero-order chi connectivity index (χ0) is 14.1. The van der Waals surface area contributed by atoms with Crippen molar-refractivity contribution in [3.05, 3.63) is 17.0 Å². The van der Waals surface area contributed by atoms with Crippen molar-refractivity contribution in [1.82, 2.24) is 5.48 Å². The van der Waals surface area contributed by atoms with Crippen LogP contribution in [0.1, 0.15) is 71.1 Å². The Hall–Kier alpha value is -0.540. The second kappa shape index (κ2) is 8.60. The summed E-state index contributed by atoms with van der Waals surface area (Å²) in [6, 6.07) is 4.21. The molecule has 2 nitrogen and oxygen atoms in total. The summed E-state index contributed by atoms with van der Waals surface area (Å²) in [4.78, 5) is 6.94. The minimum Gasteiger partial charge on any atom is -0.398 e. The molecule has 0 saturated carbocycles. The molecular formula is C16H29NOS. The lowest BCUT2D eigenvalue weighted by molar-refractivity contribution is 0.200. The number of rotatable bonds is 9. The molecule has 1 aromatic rings. The summed E-state index contributed by atoms with van der Waals surface area (Å²) in [5, 5.41) is 0.968. The highest BCUT2D eigenvalue weighted by atomic mass is 32.1. The summed E-state index contributed by atoms with van der Waals surface area (Å²) in [7, 11) is 0. The molecule has 0 atom stereocenters. The lowest BCUT2D eigenvalue weighted by Crippen LogP contribution is -2.19. The standard InChI is InChI=1S/C16H29NOS/c1-5-6-7-8-9-10-13-17-18-15-12-11-14(19-15)16(2,3)4/h11-12,17H,5-10,13H2,1-4H3. The molecule has 0 aliphatic rings. The van der Waals surface area contributed by atoms with Crippen LogP contribution in [0.15, 0.2) is 12.1 Å². The van der Waals surface area contributed by atoms with Crippen LogP contribution in [0.4, 0.5) is 0 Å². The van der Waals surface area contributed by atoms with Gasteiger partial charge in [-0.15, -0.1) is 11.3 Å². The maximum absolute atomic E-state index is 5.58. The molecule has 1 aromatic heterocycles. The Balaban J connectivity index is 2.08. The second-order valence-corrected chi connectivity index (χ2v) is 7.18. The fourth-order valence-electron chi connectivity index (χ4n) is 1.88. The van der Waals surface area contributed by atoms with E-state index in [-0.39, 0.29) is 5.41 Å². The Morgan fingerprint density at radius 2 is 1.74 bits per heavy atom. The van der Waals surface area contributed by atoms with Crippen molar-refractivity contribution in [2.45, 2.75) is 71.6 Å². The Bertz CT molecular complexity index is 341. The highest BCUT2D eigenvalue weighted by Crippen LogP contribution is 2.33. The summed E-state index contributed by atoms with van der Waals surface area (Å²) < 4.78 is 0. The number of hydroxylamine groups is 1. The van der Waals surface area contributed by atoms with Gasteiger partial charge in [-0.3, -0.25) is 0 Å². The minimum absolute atomic E-state index is 0.214. The number of hydrogen-bond acceptors (Lipinski definition) is 3. The van der Waals surface area contributed by atoms with Crippen LogP contribution in [0.5, 0.6) is 5.06 Å². The van der Waals surface area contributed by atoms with E-state index in [1.165, 1.54) is 43.4 Å². The van der Waals surface area contributed by atoms with Gasteiger partial charge in [-0.1, -0.05) is 59.8 Å². The third-order valence-electron chi connectivity index (χ3n) is 3.13. The smallest absolute Gasteiger partial charge is 0.200 e. The Morgan fingerprint density at radius 3 is 2.37 bits per heavy atom. The molecule has 0 unspecified atom stereocenters. The summed E-state index contributed by atoms with van der Waals surface area (Å²) in [5.41, 5.74) is 3.28. The van der Waals surface area contributed by atoms with Gasteiger partial charge in [0.25, 0.3) is 0 Å². The largest absolute Gasteiger partial charge is 0.398 e. The van der Waals surface area contributed by atoms with E-state index in [9.17, 15) is 0 Å². The van der Waals surface area contributed by atoms with Gasteiger partial charge in [0.15, 0.2) is 0 Å². The zero-order valence-electron chi connectivity index (χ0n) is 12.9. The first-order valence-corrected chi connectivity index (χ1v) is 8.35. The normalized spacial score (nSPS) is 11.8. The third kappa shape index (κ3) is 6.98. The van der Waals surface area contributed by atoms with E-state index in [2.05, 4.69) is 45.3 Å². The van der Waals surface area contributed by atoms with Crippen LogP contribution in [0.3, 0.4) is 0 Å². The van der Waals surface area contributed by atoms with E-state index >= 15 is 0 Å². The summed E-state index contributed by atoms with van der Waals surface area (Å²) >= 11 is 1.73. The molecule has 0 spiro atoms. The topological polar surface area (TPSA) is 21.3 Å². The first-order chi connectivity index (χ1) is 9.04. The fourth-order valence-corrected chi connectivity index (χ4v) is 2.77. The van der Waals surface area contributed by atoms with Crippen LogP contribution >= 0.6 is 11.3 Å². The van der Waals surface area contributed by atoms with Gasteiger partial charge in [0.05, 0.1) is 0 Å². The first kappa shape index (κ1) is 16.5. The van der Waals surface area contributed by atoms with Crippen molar-refractivity contribution >= 4 is 11.3 Å². The third-order valence-corrected chi connectivity index (χ3v) is 4.51. The van der Waals surface area contributed by atoms with Crippen molar-refractivity contribution in [2.75, 3.05) is 6.54 Å². The van der Waals surface area contributed by atoms with Crippen molar-refractivity contribution in [3.63, 3.8) is 0 Å². The van der Waals surface area contributed by atoms with Crippen molar-refractivity contribution < 1.29 is 4.84 Å². The SMILES string of the molecule is CCCCCCCCNOc1ccc(C(C)(C)C)s1. The van der Waals surface area contributed by atoms with Gasteiger partial charge in [0, 0.05) is 11.4 Å². The van der Waals surface area contributed by atoms with E-state index in [1.54, 1.807) is 11.3 Å². The molecule has 0 bridgehead atoms. The highest BCUT2D eigenvalue weighted by molar-refractivity contribution is 7.14. The predicted octanol–water partition coefficient (Wildman–Crippen LogP) is 5.29. The van der Waals surface area contributed by atoms with Crippen molar-refractivity contribution in [1.29, 1.82) is 0 Å². The summed E-state index contributed by atoms with van der Waals surface area (Å²) in [6.45, 7) is 9.88. The molecule has 0 radical (unpaired) electrons. The molecule has 0 fully saturated rings. The Kier molecular flexibility index (Phi) is 7.47. The predicted molar refractivity (Wildman–Crippen MR) is 85.0 cm³/mol. The van der Waals surface area contributed by atoms with Crippen LogP contribution in [0, 0.1) is 0 Å². The van der Waals surface area contributed by atoms with Gasteiger partial charge in [0.2, 0.25) is 5.06 Å². The van der Waals surface area contributed by atoms with Crippen molar-refractivity contribution in [2.24, 2.45) is 0 Å². The van der Waals surface area contributed by atoms with Gasteiger partial charge in [-0.25, -0.2) is 0 Å². The lowest BCUT2D eigenvalue weighted by atomic mass is 9.95. The maximum Gasteiger partial charge on any atom is 0.200 e. The minimum atomic E-state index is 0.214. The fraction of sp³-hybridized carbons (Fsp3) is 0.750. The highest BCUT2D eigenvalue weighted by Gasteiger charge is 2.16. The van der Waals surface area contributed by atoms with E-state index in [4.69, 9.17) is 4.84 Å². The van der Waals surface area contributed by atoms with E-state index < -0.39 is 0 Å². The quantitative estimate of drug-likeness (QED) is 0.491. The zero-order valence-corrected chi connectivity index (χ0v) is 13.7. The van der Waals surface area contributed by atoms with Gasteiger partial charge in [-0.05, 0) is 24.0 Å². The number of thiophene rings is 1. The van der Waals surface area contributed by atoms with Crippen LogP contribution in [-0.4, -0.2) is 6.54 Å². The van der Waals surface area contributed by atoms with Gasteiger partial charge >= 0.3 is 0 Å². The molecule has 0 aromatic carbocycles. The Labute approximate surface area is 122 Å². The average Bonchev–Trinajstić information content (AvgIpc) is 2.81. The molecule has 0 aliphatic heterocycles. The second-order valence-electron chi connectivity index (χ2n) is 6.13. The lowest BCUT2D eigenvalue weighted by Gasteiger charge is -2.15. The van der Waals surface area contributed by atoms with Gasteiger partial charge in [0.1, 0.15) is 0 Å². The molecule has 110 valence electrons. The molecule has 1 N–H and O–H groups in total. The first-order valence-electron chi connectivity index (χ1n) is 7.54. The maximum atomic E-state index is 5.58. The monoisotopic (exact) mass is 283 g/mol. The van der Waals surface area contributed by atoms with Gasteiger partial charge < -0.3 is 4.84 Å². The van der Waals surface area contributed by atoms with Crippen LogP contribution in [0.2, 0.25) is 0 Å². The number of nitrogens with one attached hydrogen (secondary N) is 1. The molecule has 0 saturated heterocycles. The number of hydrogen-bond donors (Lipinski definition) is 1. The van der Waals surface area contributed by atoms with E-state index in [0.717, 1.165) is 11.6 Å². The van der Waals surface area contributed by atoms with Crippen LogP contribution in [0.25, 0.3) is 0 Å². The Morgan fingerprint density at radius 1 is 1.05 bits per heavy atom. The van der Waals surface area contributed by atoms with E-state index in [1.807, 2.05) is 0 Å². The van der Waals surface area contributed by atoms with Gasteiger partial charge in [-0.2, -0.15) is 5.48 Å². The van der Waals surface area contributed by atoms with Crippen LogP contribution < -0.4 is 10.3 Å². The van der Waals surface area contributed by atoms with E-state index in [0.29, 0.717) is 0 Å². The molecule has 0 aliphatic carbocycles. The molecule has 1 rings (SSSR count). The van der Waals surface area contributed by atoms with Crippen LogP contribution in [-0.2, 0) is 5.41 Å². The summed E-state index contributed by atoms with van der Waals surface area (Å²) in [6.07, 6.45) is 7.90. The summed E-state index contributed by atoms with van der Waals surface area (Å²) in [5.74, 6) is 0. The average molecular weight is 283 g/mol. The number of unbranched alkanes of at least 4 members (excludes halogenated alkanes) is 5. The molecule has 0 amide bonds. The molecule has 1 heterocycles. The molecular weight excluding hydrogens is 254 g/mol. The van der Waals surface area contributed by atoms with Crippen molar-refractivity contribution in [3.8, 4) is 5.06 Å².